The molecule has 1 saturated carbocycles. The Morgan fingerprint density at radius 2 is 2.29 bits per heavy atom. The second-order valence-corrected chi connectivity index (χ2v) is 5.91. The summed E-state index contributed by atoms with van der Waals surface area (Å²) < 4.78 is 11.0. The molecular weight excluding hydrogens is 270 g/mol. The maximum absolute atomic E-state index is 10.1. The Morgan fingerprint density at radius 3 is 2.90 bits per heavy atom. The van der Waals surface area contributed by atoms with Crippen LogP contribution in [0.4, 0.5) is 0 Å². The molecule has 2 fully saturated rings. The van der Waals surface area contributed by atoms with E-state index in [1.807, 2.05) is 6.92 Å². The number of aliphatic hydroxyl groups is 1. The van der Waals surface area contributed by atoms with E-state index in [1.165, 1.54) is 0 Å². The van der Waals surface area contributed by atoms with Gasteiger partial charge in [0.2, 0.25) is 0 Å². The van der Waals surface area contributed by atoms with Gasteiger partial charge >= 0.3 is 0 Å². The molecule has 6 heteroatoms. The Hall–Kier alpha value is -0.850. The third-order valence-corrected chi connectivity index (χ3v) is 4.01. The maximum Gasteiger partial charge on any atom is 0.191 e. The highest BCUT2D eigenvalue weighted by Gasteiger charge is 2.34. The van der Waals surface area contributed by atoms with Gasteiger partial charge in [0.25, 0.3) is 0 Å². The van der Waals surface area contributed by atoms with Gasteiger partial charge in [-0.25, -0.2) is 0 Å². The van der Waals surface area contributed by atoms with Crippen LogP contribution in [0, 0.1) is 0 Å². The average molecular weight is 299 g/mol. The van der Waals surface area contributed by atoms with Crippen LogP contribution >= 0.6 is 0 Å². The van der Waals surface area contributed by atoms with Crippen molar-refractivity contribution in [3.63, 3.8) is 0 Å². The molecule has 1 aliphatic heterocycles. The van der Waals surface area contributed by atoms with Crippen molar-refractivity contribution in [1.82, 2.24) is 10.6 Å². The van der Waals surface area contributed by atoms with Gasteiger partial charge in [0.1, 0.15) is 0 Å². The molecular formula is C15H29N3O3. The number of nitrogens with zero attached hydrogens (tertiary/aromatic N) is 1. The topological polar surface area (TPSA) is 75.1 Å². The quantitative estimate of drug-likeness (QED) is 0.349. The second-order valence-electron chi connectivity index (χ2n) is 5.91. The molecule has 0 spiro atoms. The van der Waals surface area contributed by atoms with E-state index in [4.69, 9.17) is 9.47 Å². The maximum atomic E-state index is 10.1. The first-order valence-electron chi connectivity index (χ1n) is 8.16. The lowest BCUT2D eigenvalue weighted by Gasteiger charge is -2.35. The van der Waals surface area contributed by atoms with Crippen LogP contribution in [0.5, 0.6) is 0 Å². The zero-order valence-electron chi connectivity index (χ0n) is 13.1. The molecule has 1 saturated heterocycles. The van der Waals surface area contributed by atoms with Crippen molar-refractivity contribution in [1.29, 1.82) is 0 Å². The Labute approximate surface area is 127 Å². The number of guanidine groups is 1. The minimum absolute atomic E-state index is 0.278. The van der Waals surface area contributed by atoms with Crippen molar-refractivity contribution in [2.45, 2.75) is 50.7 Å². The zero-order valence-corrected chi connectivity index (χ0v) is 13.1. The summed E-state index contributed by atoms with van der Waals surface area (Å²) in [6.07, 6.45) is 5.07. The highest BCUT2D eigenvalue weighted by Crippen LogP contribution is 2.31. The third-order valence-electron chi connectivity index (χ3n) is 4.01. The average Bonchev–Trinajstić information content (AvgIpc) is 2.95. The van der Waals surface area contributed by atoms with Crippen LogP contribution in [-0.2, 0) is 9.47 Å². The van der Waals surface area contributed by atoms with Crippen molar-refractivity contribution >= 4 is 5.96 Å². The van der Waals surface area contributed by atoms with Gasteiger partial charge in [0, 0.05) is 26.3 Å². The molecule has 21 heavy (non-hydrogen) atoms. The highest BCUT2D eigenvalue weighted by molar-refractivity contribution is 5.79. The van der Waals surface area contributed by atoms with E-state index < -0.39 is 5.60 Å². The van der Waals surface area contributed by atoms with Crippen molar-refractivity contribution < 1.29 is 14.6 Å². The molecule has 1 heterocycles. The highest BCUT2D eigenvalue weighted by atomic mass is 16.5. The molecule has 6 nitrogen and oxygen atoms in total. The number of hydrogen-bond donors (Lipinski definition) is 3. The molecule has 0 bridgehead atoms. The van der Waals surface area contributed by atoms with E-state index in [1.54, 1.807) is 0 Å². The predicted octanol–water partition coefficient (Wildman–Crippen LogP) is 0.652. The first-order valence-corrected chi connectivity index (χ1v) is 8.16. The number of ether oxygens (including phenoxy) is 2. The molecule has 0 radical (unpaired) electrons. The lowest BCUT2D eigenvalue weighted by atomic mass is 9.80. The largest absolute Gasteiger partial charge is 0.388 e. The van der Waals surface area contributed by atoms with Gasteiger partial charge in [0.15, 0.2) is 5.96 Å². The van der Waals surface area contributed by atoms with Crippen LogP contribution in [0.25, 0.3) is 0 Å². The number of hydrogen-bond acceptors (Lipinski definition) is 4. The Bertz CT molecular complexity index is 326. The minimum atomic E-state index is -0.562. The normalized spacial score (nSPS) is 24.7. The van der Waals surface area contributed by atoms with E-state index in [-0.39, 0.29) is 6.10 Å². The molecule has 1 aliphatic carbocycles. The summed E-state index contributed by atoms with van der Waals surface area (Å²) in [5.74, 6) is 0.780. The van der Waals surface area contributed by atoms with E-state index in [2.05, 4.69) is 15.6 Å². The zero-order chi connectivity index (χ0) is 15.0. The fraction of sp³-hybridized carbons (Fsp3) is 0.933. The molecule has 2 rings (SSSR count). The molecule has 2 aliphatic rings. The molecule has 122 valence electrons. The van der Waals surface area contributed by atoms with Crippen molar-refractivity contribution in [3.05, 3.63) is 0 Å². The molecule has 0 amide bonds. The van der Waals surface area contributed by atoms with E-state index in [0.717, 1.165) is 71.0 Å². The monoisotopic (exact) mass is 299 g/mol. The fourth-order valence-corrected chi connectivity index (χ4v) is 2.48. The number of nitrogens with one attached hydrogen (secondary N) is 2. The van der Waals surface area contributed by atoms with Crippen LogP contribution in [0.1, 0.15) is 39.0 Å². The molecule has 1 atom stereocenters. The SMILES string of the molecule is CCNC(=NCC1(O)CCC1)NCCCOC1CCOC1. The molecule has 1 unspecified atom stereocenters. The Balaban J connectivity index is 1.59. The summed E-state index contributed by atoms with van der Waals surface area (Å²) in [7, 11) is 0. The van der Waals surface area contributed by atoms with Gasteiger partial charge in [0.05, 0.1) is 24.9 Å². The number of aliphatic imine (C=N–C) groups is 1. The minimum Gasteiger partial charge on any atom is -0.388 e. The first-order chi connectivity index (χ1) is 10.2. The lowest BCUT2D eigenvalue weighted by Crippen LogP contribution is -2.43. The van der Waals surface area contributed by atoms with Gasteiger partial charge in [-0.15, -0.1) is 0 Å². The summed E-state index contributed by atoms with van der Waals surface area (Å²) in [5, 5.41) is 16.5. The van der Waals surface area contributed by atoms with E-state index in [0.29, 0.717) is 6.54 Å². The smallest absolute Gasteiger partial charge is 0.191 e. The lowest BCUT2D eigenvalue weighted by molar-refractivity contribution is -0.0236. The summed E-state index contributed by atoms with van der Waals surface area (Å²) in [6, 6.07) is 0. The molecule has 0 aromatic rings. The van der Waals surface area contributed by atoms with Gasteiger partial charge in [-0.1, -0.05) is 0 Å². The van der Waals surface area contributed by atoms with Crippen LogP contribution in [0.3, 0.4) is 0 Å². The number of rotatable bonds is 8. The van der Waals surface area contributed by atoms with Gasteiger partial charge < -0.3 is 25.2 Å². The fourth-order valence-electron chi connectivity index (χ4n) is 2.48. The standard InChI is InChI=1S/C15H29N3O3/c1-2-16-14(18-12-15(19)6-3-7-15)17-8-4-9-21-13-5-10-20-11-13/h13,19H,2-12H2,1H3,(H2,16,17,18). The van der Waals surface area contributed by atoms with E-state index in [9.17, 15) is 5.11 Å². The van der Waals surface area contributed by atoms with Crippen molar-refractivity contribution in [2.24, 2.45) is 4.99 Å². The second kappa shape index (κ2) is 8.56. The molecule has 0 aromatic carbocycles. The van der Waals surface area contributed by atoms with Gasteiger partial charge in [-0.3, -0.25) is 4.99 Å². The third kappa shape index (κ3) is 5.80. The summed E-state index contributed by atoms with van der Waals surface area (Å²) in [4.78, 5) is 4.47. The molecule has 0 aromatic heterocycles. The Kier molecular flexibility index (Phi) is 6.73. The molecule has 3 N–H and O–H groups in total. The first kappa shape index (κ1) is 16.5. The van der Waals surface area contributed by atoms with Crippen LogP contribution in [-0.4, -0.2) is 62.2 Å². The van der Waals surface area contributed by atoms with Crippen LogP contribution in [0.15, 0.2) is 4.99 Å². The van der Waals surface area contributed by atoms with Crippen LogP contribution < -0.4 is 10.6 Å². The summed E-state index contributed by atoms with van der Waals surface area (Å²) >= 11 is 0. The van der Waals surface area contributed by atoms with Gasteiger partial charge in [-0.2, -0.15) is 0 Å². The van der Waals surface area contributed by atoms with E-state index >= 15 is 0 Å². The van der Waals surface area contributed by atoms with Gasteiger partial charge in [-0.05, 0) is 39.0 Å². The van der Waals surface area contributed by atoms with Crippen molar-refractivity contribution in [2.75, 3.05) is 39.5 Å². The summed E-state index contributed by atoms with van der Waals surface area (Å²) in [6.45, 7) is 6.46. The predicted molar refractivity (Wildman–Crippen MR) is 82.6 cm³/mol. The van der Waals surface area contributed by atoms with Crippen LogP contribution in [0.2, 0.25) is 0 Å². The Morgan fingerprint density at radius 1 is 1.43 bits per heavy atom. The van der Waals surface area contributed by atoms with Crippen molar-refractivity contribution in [3.8, 4) is 0 Å². The summed E-state index contributed by atoms with van der Waals surface area (Å²) in [5.41, 5.74) is -0.562.